The molecule has 1 aliphatic heterocycles. The summed E-state index contributed by atoms with van der Waals surface area (Å²) in [6.45, 7) is 1.05. The van der Waals surface area contributed by atoms with Gasteiger partial charge in [0.2, 0.25) is 10.0 Å². The average molecular weight is 388 g/mol. The van der Waals surface area contributed by atoms with Crippen LogP contribution < -0.4 is 0 Å². The zero-order chi connectivity index (χ0) is 19.0. The molecule has 0 aliphatic carbocycles. The van der Waals surface area contributed by atoms with Gasteiger partial charge < -0.3 is 9.84 Å². The second-order valence-electron chi connectivity index (χ2n) is 6.01. The summed E-state index contributed by atoms with van der Waals surface area (Å²) in [5.74, 6) is -1.22. The number of carboxylic acid groups (broad SMARTS) is 1. The minimum absolute atomic E-state index is 0.0983. The summed E-state index contributed by atoms with van der Waals surface area (Å²) in [5, 5.41) is 14.4. The van der Waals surface area contributed by atoms with Crippen LogP contribution in [0, 0.1) is 0 Å². The minimum Gasteiger partial charge on any atom is -0.478 e. The number of hydrogen-bond donors (Lipinski definition) is 1. The number of aromatic carboxylic acids is 1. The molecule has 10 heteroatoms. The zero-order valence-corrected chi connectivity index (χ0v) is 15.0. The monoisotopic (exact) mass is 388 g/mol. The summed E-state index contributed by atoms with van der Waals surface area (Å²) in [7, 11) is -3.86. The number of hydrogen-bond acceptors (Lipinski definition) is 6. The number of carbonyl (C=O) groups is 1. The predicted octanol–water partition coefficient (Wildman–Crippen LogP) is 1.14. The van der Waals surface area contributed by atoms with E-state index in [1.807, 2.05) is 6.07 Å². The summed E-state index contributed by atoms with van der Waals surface area (Å²) in [5.41, 5.74) is 0.684. The van der Waals surface area contributed by atoms with Crippen LogP contribution in [-0.4, -0.2) is 64.9 Å². The Labute approximate surface area is 154 Å². The third-order valence-electron chi connectivity index (χ3n) is 4.32. The number of fused-ring (bicyclic) bond motifs is 1. The Kier molecular flexibility index (Phi) is 4.38. The van der Waals surface area contributed by atoms with E-state index in [1.165, 1.54) is 21.1 Å². The zero-order valence-electron chi connectivity index (χ0n) is 14.1. The molecule has 1 fully saturated rings. The van der Waals surface area contributed by atoms with Crippen molar-refractivity contribution in [3.63, 3.8) is 0 Å². The van der Waals surface area contributed by atoms with Gasteiger partial charge in [0.05, 0.1) is 35.6 Å². The maximum Gasteiger partial charge on any atom is 0.335 e. The van der Waals surface area contributed by atoms with Crippen LogP contribution in [0.5, 0.6) is 0 Å². The molecular formula is C17H16N4O5S. The molecule has 0 amide bonds. The van der Waals surface area contributed by atoms with E-state index in [4.69, 9.17) is 4.74 Å². The molecule has 27 heavy (non-hydrogen) atoms. The van der Waals surface area contributed by atoms with Crippen LogP contribution in [0.15, 0.2) is 47.6 Å². The van der Waals surface area contributed by atoms with Crippen molar-refractivity contribution >= 4 is 27.0 Å². The van der Waals surface area contributed by atoms with Crippen LogP contribution in [0.1, 0.15) is 10.4 Å². The maximum atomic E-state index is 13.0. The van der Waals surface area contributed by atoms with E-state index in [1.54, 1.807) is 18.5 Å². The summed E-state index contributed by atoms with van der Waals surface area (Å²) >= 11 is 0. The Bertz CT molecular complexity index is 1120. The second-order valence-corrected chi connectivity index (χ2v) is 7.95. The molecule has 0 unspecified atom stereocenters. The molecular weight excluding hydrogens is 372 g/mol. The smallest absolute Gasteiger partial charge is 0.335 e. The average Bonchev–Trinajstić information content (AvgIpc) is 3.12. The van der Waals surface area contributed by atoms with E-state index in [0.717, 1.165) is 11.5 Å². The van der Waals surface area contributed by atoms with Crippen molar-refractivity contribution in [2.45, 2.75) is 4.90 Å². The first kappa shape index (κ1) is 17.6. The lowest BCUT2D eigenvalue weighted by Crippen LogP contribution is -2.40. The first-order valence-electron chi connectivity index (χ1n) is 8.22. The predicted molar refractivity (Wildman–Crippen MR) is 95.4 cm³/mol. The normalized spacial score (nSPS) is 15.9. The van der Waals surface area contributed by atoms with E-state index in [2.05, 4.69) is 10.1 Å². The number of carboxylic acids is 1. The first-order valence-corrected chi connectivity index (χ1v) is 9.66. The molecule has 140 valence electrons. The Hall–Kier alpha value is -2.82. The lowest BCUT2D eigenvalue weighted by molar-refractivity contribution is 0.0696. The third kappa shape index (κ3) is 3.18. The van der Waals surface area contributed by atoms with Gasteiger partial charge in [-0.2, -0.15) is 9.40 Å². The minimum atomic E-state index is -3.86. The Morgan fingerprint density at radius 2 is 1.96 bits per heavy atom. The molecule has 0 atom stereocenters. The number of nitrogens with zero attached hydrogens (tertiary/aromatic N) is 4. The van der Waals surface area contributed by atoms with Crippen LogP contribution in [0.3, 0.4) is 0 Å². The van der Waals surface area contributed by atoms with E-state index < -0.39 is 16.0 Å². The fraction of sp³-hybridized carbons (Fsp3) is 0.235. The van der Waals surface area contributed by atoms with Gasteiger partial charge in [-0.25, -0.2) is 22.9 Å². The molecule has 9 nitrogen and oxygen atoms in total. The Morgan fingerprint density at radius 3 is 2.70 bits per heavy atom. The highest BCUT2D eigenvalue weighted by Gasteiger charge is 2.28. The molecule has 0 spiro atoms. The number of sulfonamides is 1. The van der Waals surface area contributed by atoms with Crippen LogP contribution in [0.25, 0.3) is 16.7 Å². The number of pyridine rings is 1. The fourth-order valence-corrected chi connectivity index (χ4v) is 4.44. The lowest BCUT2D eigenvalue weighted by atomic mass is 10.2. The molecule has 2 aromatic heterocycles. The quantitative estimate of drug-likeness (QED) is 0.713. The number of ether oxygens (including phenoxy) is 1. The highest BCUT2D eigenvalue weighted by molar-refractivity contribution is 7.89. The van der Waals surface area contributed by atoms with Crippen LogP contribution in [0.2, 0.25) is 0 Å². The highest BCUT2D eigenvalue weighted by Crippen LogP contribution is 2.24. The largest absolute Gasteiger partial charge is 0.478 e. The fourth-order valence-electron chi connectivity index (χ4n) is 2.96. The summed E-state index contributed by atoms with van der Waals surface area (Å²) in [6, 6.07) is 7.53. The number of benzene rings is 1. The number of morpholine rings is 1. The van der Waals surface area contributed by atoms with Crippen LogP contribution >= 0.6 is 0 Å². The van der Waals surface area contributed by atoms with Gasteiger partial charge in [-0.3, -0.25) is 0 Å². The van der Waals surface area contributed by atoms with Gasteiger partial charge >= 0.3 is 5.97 Å². The molecule has 1 aliphatic rings. The first-order chi connectivity index (χ1) is 13.0. The van der Waals surface area contributed by atoms with Crippen molar-refractivity contribution in [3.8, 4) is 5.69 Å². The lowest BCUT2D eigenvalue weighted by Gasteiger charge is -2.26. The summed E-state index contributed by atoms with van der Waals surface area (Å²) in [6.07, 6.45) is 3.18. The third-order valence-corrected chi connectivity index (χ3v) is 6.20. The van der Waals surface area contributed by atoms with E-state index in [-0.39, 0.29) is 23.5 Å². The maximum absolute atomic E-state index is 13.0. The van der Waals surface area contributed by atoms with Crippen LogP contribution in [0.4, 0.5) is 0 Å². The Morgan fingerprint density at radius 1 is 1.19 bits per heavy atom. The molecule has 4 rings (SSSR count). The van der Waals surface area contributed by atoms with Gasteiger partial charge in [-0.1, -0.05) is 0 Å². The second kappa shape index (κ2) is 6.72. The summed E-state index contributed by atoms with van der Waals surface area (Å²) < 4.78 is 33.9. The van der Waals surface area contributed by atoms with Crippen molar-refractivity contribution < 1.29 is 23.1 Å². The standard InChI is InChI=1S/C17H16N4O5S/c22-17(23)13-8-14(21-16-12(11-19-21)2-1-3-18-16)10-15(9-13)27(24,25)20-4-6-26-7-5-20/h1-3,8-11H,4-7H2,(H,22,23). The number of aromatic nitrogens is 3. The molecule has 3 heterocycles. The van der Waals surface area contributed by atoms with Gasteiger partial charge in [-0.15, -0.1) is 0 Å². The Balaban J connectivity index is 1.87. The topological polar surface area (TPSA) is 115 Å². The van der Waals surface area contributed by atoms with E-state index in [0.29, 0.717) is 24.5 Å². The van der Waals surface area contributed by atoms with Crippen LogP contribution in [-0.2, 0) is 14.8 Å². The van der Waals surface area contributed by atoms with Gasteiger partial charge in [-0.05, 0) is 30.3 Å². The number of rotatable bonds is 4. The van der Waals surface area contributed by atoms with Crippen molar-refractivity contribution in [1.82, 2.24) is 19.1 Å². The molecule has 1 aromatic carbocycles. The van der Waals surface area contributed by atoms with Gasteiger partial charge in [0.25, 0.3) is 0 Å². The molecule has 0 bridgehead atoms. The van der Waals surface area contributed by atoms with Crippen molar-refractivity contribution in [2.75, 3.05) is 26.3 Å². The van der Waals surface area contributed by atoms with E-state index in [9.17, 15) is 18.3 Å². The van der Waals surface area contributed by atoms with Gasteiger partial charge in [0, 0.05) is 24.7 Å². The molecule has 0 radical (unpaired) electrons. The SMILES string of the molecule is O=C(O)c1cc(-n2ncc3cccnc32)cc(S(=O)(=O)N2CCOCC2)c1. The molecule has 1 saturated heterocycles. The van der Waals surface area contributed by atoms with Crippen molar-refractivity contribution in [1.29, 1.82) is 0 Å². The van der Waals surface area contributed by atoms with E-state index >= 15 is 0 Å². The molecule has 3 aromatic rings. The molecule has 1 N–H and O–H groups in total. The highest BCUT2D eigenvalue weighted by atomic mass is 32.2. The van der Waals surface area contributed by atoms with Crippen molar-refractivity contribution in [3.05, 3.63) is 48.3 Å². The van der Waals surface area contributed by atoms with Crippen molar-refractivity contribution in [2.24, 2.45) is 0 Å². The summed E-state index contributed by atoms with van der Waals surface area (Å²) in [4.78, 5) is 15.7. The van der Waals surface area contributed by atoms with Gasteiger partial charge in [0.1, 0.15) is 0 Å². The molecule has 0 saturated carbocycles. The van der Waals surface area contributed by atoms with Gasteiger partial charge in [0.15, 0.2) is 5.65 Å².